The summed E-state index contributed by atoms with van der Waals surface area (Å²) in [4.78, 5) is 0. The summed E-state index contributed by atoms with van der Waals surface area (Å²) in [5, 5.41) is 6.17. The Morgan fingerprint density at radius 1 is 1.25 bits per heavy atom. The summed E-state index contributed by atoms with van der Waals surface area (Å²) in [6.07, 6.45) is 7.69. The fourth-order valence-electron chi connectivity index (χ4n) is 1.18. The summed E-state index contributed by atoms with van der Waals surface area (Å²) in [7, 11) is 1.85. The molecule has 0 radical (unpaired) electrons. The van der Waals surface area contributed by atoms with Gasteiger partial charge in [-0.05, 0) is 30.7 Å². The highest BCUT2D eigenvalue weighted by molar-refractivity contribution is 5.52. The maximum atomic E-state index is 3.79. The second-order valence-electron chi connectivity index (χ2n) is 3.45. The van der Waals surface area contributed by atoms with E-state index in [4.69, 9.17) is 0 Å². The molecule has 0 aliphatic rings. The second-order valence-corrected chi connectivity index (χ2v) is 3.45. The molecule has 0 atom stereocenters. The average Bonchev–Trinajstić information content (AvgIpc) is 2.30. The molecule has 0 heterocycles. The van der Waals surface area contributed by atoms with Crippen molar-refractivity contribution in [1.29, 1.82) is 0 Å². The molecule has 2 heteroatoms. The maximum absolute atomic E-state index is 3.79. The Balaban J connectivity index is 2.46. The Labute approximate surface area is 97.4 Å². The van der Waals surface area contributed by atoms with Gasteiger partial charge in [-0.1, -0.05) is 30.9 Å². The molecule has 2 nitrogen and oxygen atoms in total. The van der Waals surface area contributed by atoms with Crippen molar-refractivity contribution in [3.8, 4) is 0 Å². The number of aryl methyl sites for hydroxylation is 1. The molecule has 0 aliphatic heterocycles. The van der Waals surface area contributed by atoms with E-state index in [-0.39, 0.29) is 0 Å². The first-order valence-corrected chi connectivity index (χ1v) is 5.26. The number of hydrogen-bond acceptors (Lipinski definition) is 2. The molecule has 0 bridgehead atoms. The van der Waals surface area contributed by atoms with Crippen LogP contribution < -0.4 is 10.6 Å². The van der Waals surface area contributed by atoms with Gasteiger partial charge in [-0.3, -0.25) is 0 Å². The molecular weight excluding hydrogens is 196 g/mol. The smallest absolute Gasteiger partial charge is 0.0409 e. The summed E-state index contributed by atoms with van der Waals surface area (Å²) in [6.45, 7) is 5.87. The van der Waals surface area contributed by atoms with Crippen molar-refractivity contribution in [3.05, 3.63) is 66.5 Å². The van der Waals surface area contributed by atoms with Crippen LogP contribution in [0.5, 0.6) is 0 Å². The first-order chi connectivity index (χ1) is 7.74. The molecule has 0 aliphatic carbocycles. The largest absolute Gasteiger partial charge is 0.389 e. The van der Waals surface area contributed by atoms with Crippen LogP contribution in [0.1, 0.15) is 5.56 Å². The molecule has 0 saturated carbocycles. The Morgan fingerprint density at radius 2 is 2.00 bits per heavy atom. The van der Waals surface area contributed by atoms with Gasteiger partial charge in [-0.25, -0.2) is 0 Å². The van der Waals surface area contributed by atoms with Gasteiger partial charge in [0.05, 0.1) is 0 Å². The molecule has 1 rings (SSSR count). The summed E-state index contributed by atoms with van der Waals surface area (Å²) >= 11 is 0. The van der Waals surface area contributed by atoms with E-state index in [0.717, 1.165) is 11.4 Å². The van der Waals surface area contributed by atoms with Crippen LogP contribution in [0, 0.1) is 6.92 Å². The molecule has 0 fully saturated rings. The van der Waals surface area contributed by atoms with Crippen molar-refractivity contribution in [3.63, 3.8) is 0 Å². The molecule has 0 spiro atoms. The van der Waals surface area contributed by atoms with Crippen LogP contribution in [0.3, 0.4) is 0 Å². The Kier molecular flexibility index (Phi) is 4.93. The highest BCUT2D eigenvalue weighted by Crippen LogP contribution is 2.12. The number of anilines is 1. The second kappa shape index (κ2) is 6.51. The maximum Gasteiger partial charge on any atom is 0.0409 e. The molecule has 84 valence electrons. The summed E-state index contributed by atoms with van der Waals surface area (Å²) < 4.78 is 0. The number of likely N-dealkylation sites (N-methyl/N-ethyl adjacent to an activating group) is 1. The van der Waals surface area contributed by atoms with Crippen molar-refractivity contribution in [2.24, 2.45) is 0 Å². The molecule has 0 saturated heterocycles. The molecule has 1 aromatic carbocycles. The number of benzene rings is 1. The minimum absolute atomic E-state index is 0.889. The molecule has 0 aromatic heterocycles. The highest BCUT2D eigenvalue weighted by Gasteiger charge is 1.90. The van der Waals surface area contributed by atoms with Gasteiger partial charge in [0, 0.05) is 24.6 Å². The summed E-state index contributed by atoms with van der Waals surface area (Å²) in [5.41, 5.74) is 3.25. The Morgan fingerprint density at radius 3 is 2.69 bits per heavy atom. The summed E-state index contributed by atoms with van der Waals surface area (Å²) in [5.74, 6) is 0. The van der Waals surface area contributed by atoms with Gasteiger partial charge in [-0.2, -0.15) is 0 Å². The van der Waals surface area contributed by atoms with Gasteiger partial charge in [0.2, 0.25) is 0 Å². The van der Waals surface area contributed by atoms with Gasteiger partial charge >= 0.3 is 0 Å². The van der Waals surface area contributed by atoms with Gasteiger partial charge < -0.3 is 10.6 Å². The van der Waals surface area contributed by atoms with Gasteiger partial charge in [0.15, 0.2) is 0 Å². The Hall–Kier alpha value is -1.96. The van der Waals surface area contributed by atoms with E-state index in [0.29, 0.717) is 0 Å². The van der Waals surface area contributed by atoms with Crippen LogP contribution in [0.2, 0.25) is 0 Å². The Bertz CT molecular complexity index is 403. The van der Waals surface area contributed by atoms with Crippen LogP contribution in [0.25, 0.3) is 0 Å². The molecule has 0 amide bonds. The lowest BCUT2D eigenvalue weighted by Gasteiger charge is -2.03. The van der Waals surface area contributed by atoms with Crippen LogP contribution in [0.4, 0.5) is 5.69 Å². The zero-order valence-corrected chi connectivity index (χ0v) is 9.83. The fourth-order valence-corrected chi connectivity index (χ4v) is 1.18. The van der Waals surface area contributed by atoms with Crippen LogP contribution in [-0.2, 0) is 0 Å². The third-order valence-corrected chi connectivity index (χ3v) is 2.21. The number of para-hydroxylation sites is 1. The minimum atomic E-state index is 0.889. The van der Waals surface area contributed by atoms with E-state index in [1.54, 1.807) is 0 Å². The zero-order chi connectivity index (χ0) is 11.8. The molecular formula is C14H18N2. The summed E-state index contributed by atoms with van der Waals surface area (Å²) in [6, 6.07) is 8.17. The van der Waals surface area contributed by atoms with Crippen molar-refractivity contribution in [2.45, 2.75) is 6.92 Å². The van der Waals surface area contributed by atoms with E-state index in [1.165, 1.54) is 5.56 Å². The first-order valence-electron chi connectivity index (χ1n) is 5.26. The van der Waals surface area contributed by atoms with Crippen LogP contribution >= 0.6 is 0 Å². The van der Waals surface area contributed by atoms with Crippen LogP contribution in [0.15, 0.2) is 61.0 Å². The number of allylic oxidation sites excluding steroid dienone is 3. The number of rotatable bonds is 5. The number of nitrogens with one attached hydrogen (secondary N) is 2. The molecule has 0 unspecified atom stereocenters. The third kappa shape index (κ3) is 4.05. The highest BCUT2D eigenvalue weighted by atomic mass is 14.8. The van der Waals surface area contributed by atoms with E-state index in [9.17, 15) is 0 Å². The number of hydrogen-bond donors (Lipinski definition) is 2. The lowest BCUT2D eigenvalue weighted by Crippen LogP contribution is -2.00. The lowest BCUT2D eigenvalue weighted by molar-refractivity contribution is 1.04. The van der Waals surface area contributed by atoms with E-state index in [2.05, 4.69) is 36.3 Å². The quantitative estimate of drug-likeness (QED) is 0.735. The zero-order valence-electron chi connectivity index (χ0n) is 9.83. The SMILES string of the molecule is C=C(/C=C\C=C/Nc1ccccc1C)NC. The van der Waals surface area contributed by atoms with Crippen molar-refractivity contribution < 1.29 is 0 Å². The normalized spacial score (nSPS) is 10.9. The predicted molar refractivity (Wildman–Crippen MR) is 71.3 cm³/mol. The third-order valence-electron chi connectivity index (χ3n) is 2.21. The lowest BCUT2D eigenvalue weighted by atomic mass is 10.2. The molecule has 2 N–H and O–H groups in total. The predicted octanol–water partition coefficient (Wildman–Crippen LogP) is 3.21. The van der Waals surface area contributed by atoms with Gasteiger partial charge in [-0.15, -0.1) is 0 Å². The van der Waals surface area contributed by atoms with E-state index >= 15 is 0 Å². The average molecular weight is 214 g/mol. The topological polar surface area (TPSA) is 24.1 Å². The minimum Gasteiger partial charge on any atom is -0.389 e. The van der Waals surface area contributed by atoms with E-state index in [1.807, 2.05) is 43.6 Å². The van der Waals surface area contributed by atoms with Crippen molar-refractivity contribution in [2.75, 3.05) is 12.4 Å². The van der Waals surface area contributed by atoms with Crippen molar-refractivity contribution >= 4 is 5.69 Å². The standard InChI is InChI=1S/C14H18N2/c1-12-8-4-5-10-14(12)16-11-7-6-9-13(2)15-3/h4-11,15-16H,2H2,1,3H3/b9-6-,11-7-. The van der Waals surface area contributed by atoms with E-state index < -0.39 is 0 Å². The van der Waals surface area contributed by atoms with Gasteiger partial charge in [0.25, 0.3) is 0 Å². The monoisotopic (exact) mass is 214 g/mol. The van der Waals surface area contributed by atoms with Crippen LogP contribution in [-0.4, -0.2) is 7.05 Å². The first kappa shape index (κ1) is 12.1. The van der Waals surface area contributed by atoms with Crippen molar-refractivity contribution in [1.82, 2.24) is 5.32 Å². The van der Waals surface area contributed by atoms with Gasteiger partial charge in [0.1, 0.15) is 0 Å². The fraction of sp³-hybridized carbons (Fsp3) is 0.143. The molecule has 1 aromatic rings. The molecule has 16 heavy (non-hydrogen) atoms.